The second-order valence-corrected chi connectivity index (χ2v) is 9.57. The summed E-state index contributed by atoms with van der Waals surface area (Å²) in [5.74, 6) is 0.656. The molecular formula is C22H25N2O6PS. The Hall–Kier alpha value is -2.58. The van der Waals surface area contributed by atoms with Gasteiger partial charge in [-0.2, -0.15) is 11.8 Å². The third kappa shape index (κ3) is 6.97. The van der Waals surface area contributed by atoms with E-state index in [1.54, 1.807) is 23.6 Å². The van der Waals surface area contributed by atoms with Crippen molar-refractivity contribution < 1.29 is 28.5 Å². The highest BCUT2D eigenvalue weighted by molar-refractivity contribution is 7.99. The summed E-state index contributed by atoms with van der Waals surface area (Å²) >= 11 is 1.60. The van der Waals surface area contributed by atoms with E-state index in [0.717, 1.165) is 11.3 Å². The summed E-state index contributed by atoms with van der Waals surface area (Å²) in [6, 6.07) is 13.3. The van der Waals surface area contributed by atoms with Crippen LogP contribution in [0.5, 0.6) is 5.75 Å². The fourth-order valence-corrected chi connectivity index (χ4v) is 4.63. The van der Waals surface area contributed by atoms with Gasteiger partial charge in [0.25, 0.3) is 5.91 Å². The molecule has 1 atom stereocenters. The number of thioether (sulfide) groups is 1. The fraction of sp³-hybridized carbons (Fsp3) is 0.273. The number of phosphoric ester groups is 1. The Kier molecular flexibility index (Phi) is 8.15. The SMILES string of the molecule is Cc1cc(OP(=O)(O)O)ccc1C(=O)NC1CSCCN(CC=Cc2ccccc2)C1=O. The Morgan fingerprint density at radius 1 is 1.28 bits per heavy atom. The Bertz CT molecular complexity index is 1040. The number of hydrogen-bond acceptors (Lipinski definition) is 5. The van der Waals surface area contributed by atoms with E-state index in [1.807, 2.05) is 42.5 Å². The molecule has 1 saturated heterocycles. The Labute approximate surface area is 190 Å². The van der Waals surface area contributed by atoms with E-state index in [0.29, 0.717) is 30.0 Å². The predicted octanol–water partition coefficient (Wildman–Crippen LogP) is 2.85. The quantitative estimate of drug-likeness (QED) is 0.526. The molecular weight excluding hydrogens is 451 g/mol. The molecule has 2 aromatic rings. The van der Waals surface area contributed by atoms with Crippen LogP contribution in [-0.2, 0) is 9.36 Å². The highest BCUT2D eigenvalue weighted by Crippen LogP contribution is 2.37. The monoisotopic (exact) mass is 476 g/mol. The van der Waals surface area contributed by atoms with Crippen molar-refractivity contribution in [2.75, 3.05) is 24.6 Å². The van der Waals surface area contributed by atoms with Gasteiger partial charge in [-0.1, -0.05) is 42.5 Å². The maximum atomic E-state index is 13.0. The Balaban J connectivity index is 1.65. The zero-order valence-corrected chi connectivity index (χ0v) is 19.2. The van der Waals surface area contributed by atoms with E-state index < -0.39 is 19.8 Å². The first-order valence-electron chi connectivity index (χ1n) is 9.98. The second-order valence-electron chi connectivity index (χ2n) is 7.26. The molecule has 0 saturated carbocycles. The van der Waals surface area contributed by atoms with Crippen LogP contribution < -0.4 is 9.84 Å². The largest absolute Gasteiger partial charge is 0.524 e. The topological polar surface area (TPSA) is 116 Å². The lowest BCUT2D eigenvalue weighted by Crippen LogP contribution is -2.49. The van der Waals surface area contributed by atoms with Crippen LogP contribution in [0.3, 0.4) is 0 Å². The number of aryl methyl sites for hydroxylation is 1. The first-order chi connectivity index (χ1) is 15.2. The highest BCUT2D eigenvalue weighted by Gasteiger charge is 2.28. The van der Waals surface area contributed by atoms with Gasteiger partial charge in [0.1, 0.15) is 11.8 Å². The van der Waals surface area contributed by atoms with Gasteiger partial charge in [-0.25, -0.2) is 4.57 Å². The van der Waals surface area contributed by atoms with Gasteiger partial charge < -0.3 is 14.7 Å². The van der Waals surface area contributed by atoms with Gasteiger partial charge in [0.05, 0.1) is 0 Å². The van der Waals surface area contributed by atoms with Crippen LogP contribution in [0.25, 0.3) is 6.08 Å². The molecule has 0 bridgehead atoms. The summed E-state index contributed by atoms with van der Waals surface area (Å²) in [4.78, 5) is 45.4. The number of rotatable bonds is 7. The van der Waals surface area contributed by atoms with Crippen molar-refractivity contribution in [2.45, 2.75) is 13.0 Å². The third-order valence-electron chi connectivity index (χ3n) is 4.81. The minimum atomic E-state index is -4.68. The predicted molar refractivity (Wildman–Crippen MR) is 124 cm³/mol. The van der Waals surface area contributed by atoms with Gasteiger partial charge >= 0.3 is 7.82 Å². The summed E-state index contributed by atoms with van der Waals surface area (Å²) in [6.07, 6.45) is 3.90. The minimum absolute atomic E-state index is 0.0372. The van der Waals surface area contributed by atoms with Crippen molar-refractivity contribution in [1.82, 2.24) is 10.2 Å². The Morgan fingerprint density at radius 2 is 2.03 bits per heavy atom. The average Bonchev–Trinajstić information content (AvgIpc) is 2.89. The van der Waals surface area contributed by atoms with Gasteiger partial charge in [0, 0.05) is 30.2 Å². The number of nitrogens with zero attached hydrogens (tertiary/aromatic N) is 1. The van der Waals surface area contributed by atoms with E-state index in [4.69, 9.17) is 9.79 Å². The molecule has 2 amide bonds. The normalized spacial score (nSPS) is 17.3. The van der Waals surface area contributed by atoms with Crippen LogP contribution in [0.4, 0.5) is 0 Å². The van der Waals surface area contributed by atoms with E-state index in [9.17, 15) is 14.2 Å². The smallest absolute Gasteiger partial charge is 0.404 e. The molecule has 1 aliphatic rings. The van der Waals surface area contributed by atoms with Crippen LogP contribution in [-0.4, -0.2) is 57.1 Å². The zero-order valence-electron chi connectivity index (χ0n) is 17.5. The molecule has 10 heteroatoms. The molecule has 0 aliphatic carbocycles. The van der Waals surface area contributed by atoms with Crippen LogP contribution in [0.2, 0.25) is 0 Å². The Morgan fingerprint density at radius 3 is 2.72 bits per heavy atom. The zero-order chi connectivity index (χ0) is 23.1. The molecule has 1 aliphatic heterocycles. The molecule has 0 radical (unpaired) electrons. The van der Waals surface area contributed by atoms with Crippen LogP contribution in [0.1, 0.15) is 21.5 Å². The molecule has 1 heterocycles. The molecule has 1 unspecified atom stereocenters. The van der Waals surface area contributed by atoms with E-state index in [-0.39, 0.29) is 11.7 Å². The lowest BCUT2D eigenvalue weighted by atomic mass is 10.1. The first kappa shape index (κ1) is 24.1. The summed E-state index contributed by atoms with van der Waals surface area (Å²) < 4.78 is 15.5. The second kappa shape index (κ2) is 10.8. The number of carbonyl (C=O) groups excluding carboxylic acids is 2. The van der Waals surface area contributed by atoms with Gasteiger partial charge in [-0.05, 0) is 36.2 Å². The van der Waals surface area contributed by atoms with Gasteiger partial charge in [-0.15, -0.1) is 0 Å². The maximum Gasteiger partial charge on any atom is 0.524 e. The van der Waals surface area contributed by atoms with E-state index in [1.165, 1.54) is 18.2 Å². The maximum absolute atomic E-state index is 13.0. The number of amides is 2. The lowest BCUT2D eigenvalue weighted by molar-refractivity contribution is -0.131. The number of nitrogens with one attached hydrogen (secondary N) is 1. The number of phosphoric acid groups is 1. The molecule has 3 N–H and O–H groups in total. The van der Waals surface area contributed by atoms with Crippen molar-refractivity contribution in [2.24, 2.45) is 0 Å². The molecule has 0 aromatic heterocycles. The van der Waals surface area contributed by atoms with Gasteiger partial charge in [-0.3, -0.25) is 19.4 Å². The van der Waals surface area contributed by atoms with Crippen LogP contribution >= 0.6 is 19.6 Å². The van der Waals surface area contributed by atoms with Crippen LogP contribution in [0, 0.1) is 6.92 Å². The first-order valence-corrected chi connectivity index (χ1v) is 12.7. The van der Waals surface area contributed by atoms with E-state index >= 15 is 0 Å². The summed E-state index contributed by atoms with van der Waals surface area (Å²) in [5, 5.41) is 2.80. The summed E-state index contributed by atoms with van der Waals surface area (Å²) in [6.45, 7) is 2.68. The van der Waals surface area contributed by atoms with Gasteiger partial charge in [0.15, 0.2) is 0 Å². The molecule has 0 spiro atoms. The van der Waals surface area contributed by atoms with Crippen LogP contribution in [0.15, 0.2) is 54.6 Å². The van der Waals surface area contributed by atoms with Crippen molar-refractivity contribution in [1.29, 1.82) is 0 Å². The molecule has 2 aromatic carbocycles. The third-order valence-corrected chi connectivity index (χ3v) is 6.30. The molecule has 1 fully saturated rings. The molecule has 3 rings (SSSR count). The summed E-state index contributed by atoms with van der Waals surface area (Å²) in [5.41, 5.74) is 1.83. The summed E-state index contributed by atoms with van der Waals surface area (Å²) in [7, 11) is -4.68. The lowest BCUT2D eigenvalue weighted by Gasteiger charge is -2.23. The van der Waals surface area contributed by atoms with Crippen molar-refractivity contribution >= 4 is 37.5 Å². The molecule has 170 valence electrons. The highest BCUT2D eigenvalue weighted by atomic mass is 32.2. The molecule has 32 heavy (non-hydrogen) atoms. The van der Waals surface area contributed by atoms with E-state index in [2.05, 4.69) is 9.84 Å². The number of benzene rings is 2. The molecule has 8 nitrogen and oxygen atoms in total. The fourth-order valence-electron chi connectivity index (χ4n) is 3.26. The average molecular weight is 476 g/mol. The van der Waals surface area contributed by atoms with Crippen molar-refractivity contribution in [3.8, 4) is 5.75 Å². The van der Waals surface area contributed by atoms with Gasteiger partial charge in [0.2, 0.25) is 5.91 Å². The van der Waals surface area contributed by atoms with Crippen molar-refractivity contribution in [3.05, 3.63) is 71.3 Å². The number of carbonyl (C=O) groups is 2. The van der Waals surface area contributed by atoms with Crippen molar-refractivity contribution in [3.63, 3.8) is 0 Å². The minimum Gasteiger partial charge on any atom is -0.404 e. The standard InChI is InChI=1S/C22H25N2O6PS/c1-16-14-18(30-31(27,28)29)9-10-19(16)21(25)23-20-15-32-13-12-24(22(20)26)11-5-8-17-6-3-2-4-7-17/h2-10,14,20H,11-13,15H2,1H3,(H,23,25)(H2,27,28,29). The number of hydrogen-bond donors (Lipinski definition) is 3.